The molecule has 98 valence electrons. The van der Waals surface area contributed by atoms with Crippen LogP contribution in [-0.2, 0) is 14.0 Å². The molecule has 0 unspecified atom stereocenters. The van der Waals surface area contributed by atoms with Gasteiger partial charge in [-0.15, -0.1) is 0 Å². The van der Waals surface area contributed by atoms with E-state index in [1.807, 2.05) is 62.3 Å². The predicted octanol–water partition coefficient (Wildman–Crippen LogP) is 2.77. The minimum absolute atomic E-state index is 0. The van der Waals surface area contributed by atoms with Crippen LogP contribution in [0, 0.1) is 0 Å². The first-order chi connectivity index (χ1) is 6.79. The topological polar surface area (TPSA) is 27.7 Å². The summed E-state index contributed by atoms with van der Waals surface area (Å²) in [6, 6.07) is 0. The third kappa shape index (κ3) is 15.5. The Hall–Kier alpha value is 1.58. The van der Waals surface area contributed by atoms with Crippen molar-refractivity contribution in [2.24, 2.45) is 0 Å². The summed E-state index contributed by atoms with van der Waals surface area (Å²) in [5, 5.41) is 0. The fraction of sp³-hybridized carbons (Fsp3) is 1.00. The molecule has 17 heavy (non-hydrogen) atoms. The average Bonchev–Trinajstić information content (AvgIpc) is 1.70. The molecule has 0 radical (unpaired) electrons. The molecule has 0 saturated heterocycles. The van der Waals surface area contributed by atoms with Crippen LogP contribution < -0.4 is 0 Å². The molecule has 0 amide bonds. The van der Waals surface area contributed by atoms with E-state index in [-0.39, 0.29) is 68.2 Å². The molecular formula is C12H28BKO3. The maximum atomic E-state index is 5.75. The molecular weight excluding hydrogens is 242 g/mol. The van der Waals surface area contributed by atoms with Gasteiger partial charge in [0, 0.05) is 16.8 Å². The van der Waals surface area contributed by atoms with E-state index < -0.39 is 7.32 Å². The standard InChI is InChI=1S/C12H27BO3.K.H/c1-10(2,3)14-13(15-11(4,5)6)16-12(7,8)9;;/h1-9H3;;. The quantitative estimate of drug-likeness (QED) is 0.738. The molecule has 5 heteroatoms. The summed E-state index contributed by atoms with van der Waals surface area (Å²) in [5.74, 6) is 0. The summed E-state index contributed by atoms with van der Waals surface area (Å²) in [5.41, 5.74) is -0.872. The van der Waals surface area contributed by atoms with E-state index in [9.17, 15) is 0 Å². The fourth-order valence-electron chi connectivity index (χ4n) is 0.938. The van der Waals surface area contributed by atoms with Gasteiger partial charge in [0.2, 0.25) is 0 Å². The van der Waals surface area contributed by atoms with Gasteiger partial charge in [-0.2, -0.15) is 0 Å². The predicted molar refractivity (Wildman–Crippen MR) is 75.4 cm³/mol. The molecule has 0 aliphatic carbocycles. The first-order valence-corrected chi connectivity index (χ1v) is 5.82. The van der Waals surface area contributed by atoms with Crippen LogP contribution in [0.1, 0.15) is 62.3 Å². The van der Waals surface area contributed by atoms with Crippen molar-refractivity contribution in [1.82, 2.24) is 0 Å². The van der Waals surface area contributed by atoms with Crippen LogP contribution in [0.15, 0.2) is 0 Å². The van der Waals surface area contributed by atoms with Crippen LogP contribution in [0.3, 0.4) is 0 Å². The summed E-state index contributed by atoms with van der Waals surface area (Å²) < 4.78 is 17.2. The first-order valence-electron chi connectivity index (χ1n) is 5.82. The molecule has 0 aromatic rings. The molecule has 3 nitrogen and oxygen atoms in total. The van der Waals surface area contributed by atoms with E-state index in [0.717, 1.165) is 0 Å². The van der Waals surface area contributed by atoms with Crippen LogP contribution in [0.4, 0.5) is 0 Å². The van der Waals surface area contributed by atoms with Crippen molar-refractivity contribution in [3.8, 4) is 0 Å². The monoisotopic (exact) mass is 270 g/mol. The van der Waals surface area contributed by atoms with E-state index in [0.29, 0.717) is 0 Å². The second-order valence-electron chi connectivity index (χ2n) is 6.98. The van der Waals surface area contributed by atoms with Crippen LogP contribution >= 0.6 is 0 Å². The van der Waals surface area contributed by atoms with Gasteiger partial charge in [-0.3, -0.25) is 0 Å². The number of rotatable bonds is 3. The zero-order valence-corrected chi connectivity index (χ0v) is 12.3. The molecule has 0 saturated carbocycles. The molecule has 0 spiro atoms. The van der Waals surface area contributed by atoms with Crippen molar-refractivity contribution in [1.29, 1.82) is 0 Å². The molecule has 0 atom stereocenters. The van der Waals surface area contributed by atoms with Crippen LogP contribution in [0.25, 0.3) is 0 Å². The molecule has 0 rings (SSSR count). The van der Waals surface area contributed by atoms with Gasteiger partial charge in [-0.05, 0) is 62.3 Å². The van der Waals surface area contributed by atoms with Gasteiger partial charge in [-0.1, -0.05) is 0 Å². The molecule has 0 N–H and O–H groups in total. The summed E-state index contributed by atoms with van der Waals surface area (Å²) in [4.78, 5) is 0. The van der Waals surface area contributed by atoms with Gasteiger partial charge in [0.25, 0.3) is 0 Å². The SMILES string of the molecule is CC(C)(C)OB(OC(C)(C)C)OC(C)(C)C.[KH]. The Morgan fingerprint density at radius 2 is 0.706 bits per heavy atom. The second-order valence-corrected chi connectivity index (χ2v) is 6.98. The molecule has 0 aromatic carbocycles. The molecule has 0 aliphatic rings. The molecule has 0 aromatic heterocycles. The van der Waals surface area contributed by atoms with Crippen molar-refractivity contribution >= 4 is 58.7 Å². The van der Waals surface area contributed by atoms with Gasteiger partial charge < -0.3 is 14.0 Å². The third-order valence-electron chi connectivity index (χ3n) is 1.35. The van der Waals surface area contributed by atoms with Crippen molar-refractivity contribution in [2.75, 3.05) is 0 Å². The fourth-order valence-corrected chi connectivity index (χ4v) is 0.938. The average molecular weight is 270 g/mol. The van der Waals surface area contributed by atoms with E-state index in [1.54, 1.807) is 0 Å². The van der Waals surface area contributed by atoms with Gasteiger partial charge in [-0.25, -0.2) is 0 Å². The van der Waals surface area contributed by atoms with E-state index in [1.165, 1.54) is 0 Å². The molecule has 0 heterocycles. The van der Waals surface area contributed by atoms with Crippen molar-refractivity contribution < 1.29 is 14.0 Å². The van der Waals surface area contributed by atoms with Crippen LogP contribution in [0.2, 0.25) is 0 Å². The normalized spacial score (nSPS) is 13.2. The Morgan fingerprint density at radius 1 is 0.529 bits per heavy atom. The summed E-state index contributed by atoms with van der Waals surface area (Å²) in [7, 11) is -0.639. The van der Waals surface area contributed by atoms with E-state index in [2.05, 4.69) is 0 Å². The summed E-state index contributed by atoms with van der Waals surface area (Å²) >= 11 is 0. The van der Waals surface area contributed by atoms with Crippen LogP contribution in [0.5, 0.6) is 0 Å². The number of hydrogen-bond acceptors (Lipinski definition) is 3. The third-order valence-corrected chi connectivity index (χ3v) is 1.35. The minimum atomic E-state index is -0.639. The maximum absolute atomic E-state index is 5.75. The van der Waals surface area contributed by atoms with Crippen molar-refractivity contribution in [2.45, 2.75) is 79.1 Å². The van der Waals surface area contributed by atoms with Crippen molar-refractivity contribution in [3.63, 3.8) is 0 Å². The Kier molecular flexibility index (Phi) is 9.08. The summed E-state index contributed by atoms with van der Waals surface area (Å²) in [6.07, 6.45) is 0. The van der Waals surface area contributed by atoms with Crippen molar-refractivity contribution in [3.05, 3.63) is 0 Å². The van der Waals surface area contributed by atoms with Gasteiger partial charge in [0.05, 0.1) is 0 Å². The zero-order chi connectivity index (χ0) is 13.2. The van der Waals surface area contributed by atoms with Gasteiger partial charge in [0.1, 0.15) is 0 Å². The molecule has 0 fully saturated rings. The van der Waals surface area contributed by atoms with E-state index >= 15 is 0 Å². The van der Waals surface area contributed by atoms with E-state index in [4.69, 9.17) is 14.0 Å². The Bertz CT molecular complexity index is 175. The first kappa shape index (κ1) is 20.9. The van der Waals surface area contributed by atoms with Crippen LogP contribution in [-0.4, -0.2) is 75.5 Å². The molecule has 0 bridgehead atoms. The zero-order valence-electron chi connectivity index (χ0n) is 12.3. The second kappa shape index (κ2) is 7.39. The Labute approximate surface area is 150 Å². The summed E-state index contributed by atoms with van der Waals surface area (Å²) in [6.45, 7) is 17.9. The van der Waals surface area contributed by atoms with Gasteiger partial charge >= 0.3 is 58.7 Å². The Balaban J connectivity index is 0. The Morgan fingerprint density at radius 3 is 0.824 bits per heavy atom. The number of hydrogen-bond donors (Lipinski definition) is 0. The van der Waals surface area contributed by atoms with Gasteiger partial charge in [0.15, 0.2) is 0 Å². The molecule has 0 aliphatic heterocycles.